The summed E-state index contributed by atoms with van der Waals surface area (Å²) in [6, 6.07) is 6.57. The molecule has 3 heteroatoms. The number of hydrogen-bond acceptors (Lipinski definition) is 3. The summed E-state index contributed by atoms with van der Waals surface area (Å²) in [5.41, 5.74) is 6.02. The number of nitrogens with zero attached hydrogens (tertiary/aromatic N) is 2. The molecule has 1 aliphatic rings. The second-order valence-electron chi connectivity index (χ2n) is 6.03. The van der Waals surface area contributed by atoms with E-state index in [0.29, 0.717) is 5.92 Å². The van der Waals surface area contributed by atoms with Crippen molar-refractivity contribution in [3.8, 4) is 11.3 Å². The van der Waals surface area contributed by atoms with Crippen molar-refractivity contribution in [2.24, 2.45) is 0 Å². The van der Waals surface area contributed by atoms with E-state index in [1.807, 2.05) is 0 Å². The van der Waals surface area contributed by atoms with Gasteiger partial charge in [0.25, 0.3) is 0 Å². The smallest absolute Gasteiger partial charge is 0.134 e. The van der Waals surface area contributed by atoms with Crippen LogP contribution in [-0.2, 0) is 0 Å². The quantitative estimate of drug-likeness (QED) is 0.903. The van der Waals surface area contributed by atoms with E-state index >= 15 is 0 Å². The molecule has 1 aliphatic carbocycles. The molecule has 0 saturated heterocycles. The molecule has 0 radical (unpaired) electrons. The van der Waals surface area contributed by atoms with Gasteiger partial charge in [-0.3, -0.25) is 0 Å². The molecule has 1 fully saturated rings. The standard InChI is InChI=1S/C18H23N3/c1-5-19-17-13(4)16(20-18(21-17)14-7-8-14)15-9-6-11(2)10-12(15)3/h6,9-10,14H,5,7-8H2,1-4H3,(H,19,20,21). The maximum absolute atomic E-state index is 4.89. The molecule has 21 heavy (non-hydrogen) atoms. The van der Waals surface area contributed by atoms with Gasteiger partial charge in [0, 0.05) is 23.6 Å². The Balaban J connectivity index is 2.15. The van der Waals surface area contributed by atoms with Crippen molar-refractivity contribution in [3.05, 3.63) is 40.7 Å². The van der Waals surface area contributed by atoms with Crippen LogP contribution in [0, 0.1) is 20.8 Å². The largest absolute Gasteiger partial charge is 0.370 e. The van der Waals surface area contributed by atoms with E-state index < -0.39 is 0 Å². The van der Waals surface area contributed by atoms with Gasteiger partial charge in [0.2, 0.25) is 0 Å². The third kappa shape index (κ3) is 2.78. The van der Waals surface area contributed by atoms with E-state index in [9.17, 15) is 0 Å². The monoisotopic (exact) mass is 281 g/mol. The number of rotatable bonds is 4. The van der Waals surface area contributed by atoms with Gasteiger partial charge in [0.05, 0.1) is 5.69 Å². The molecule has 0 spiro atoms. The van der Waals surface area contributed by atoms with Gasteiger partial charge in [-0.25, -0.2) is 9.97 Å². The lowest BCUT2D eigenvalue weighted by Crippen LogP contribution is -2.08. The first-order chi connectivity index (χ1) is 10.1. The topological polar surface area (TPSA) is 37.8 Å². The molecule has 1 heterocycles. The first-order valence-electron chi connectivity index (χ1n) is 7.80. The number of hydrogen-bond donors (Lipinski definition) is 1. The fourth-order valence-corrected chi connectivity index (χ4v) is 2.74. The van der Waals surface area contributed by atoms with Crippen LogP contribution in [0.25, 0.3) is 11.3 Å². The molecule has 3 nitrogen and oxygen atoms in total. The molecule has 0 bridgehead atoms. The molecular formula is C18H23N3. The average molecular weight is 281 g/mol. The summed E-state index contributed by atoms with van der Waals surface area (Å²) in [7, 11) is 0. The molecule has 0 amide bonds. The maximum Gasteiger partial charge on any atom is 0.134 e. The van der Waals surface area contributed by atoms with Crippen LogP contribution >= 0.6 is 0 Å². The summed E-state index contributed by atoms with van der Waals surface area (Å²) in [5.74, 6) is 2.56. The third-order valence-electron chi connectivity index (χ3n) is 4.09. The lowest BCUT2D eigenvalue weighted by atomic mass is 10.00. The van der Waals surface area contributed by atoms with Gasteiger partial charge in [-0.05, 0) is 46.1 Å². The highest BCUT2D eigenvalue weighted by atomic mass is 15.0. The maximum atomic E-state index is 4.89. The van der Waals surface area contributed by atoms with Crippen LogP contribution in [0.15, 0.2) is 18.2 Å². The second kappa shape index (κ2) is 5.47. The van der Waals surface area contributed by atoms with Crippen molar-refractivity contribution in [2.75, 3.05) is 11.9 Å². The lowest BCUT2D eigenvalue weighted by molar-refractivity contribution is 0.918. The minimum absolute atomic E-state index is 0.563. The summed E-state index contributed by atoms with van der Waals surface area (Å²) in [4.78, 5) is 9.62. The fraction of sp³-hybridized carbons (Fsp3) is 0.444. The Bertz CT molecular complexity index is 672. The second-order valence-corrected chi connectivity index (χ2v) is 6.03. The van der Waals surface area contributed by atoms with Crippen LogP contribution in [0.1, 0.15) is 48.2 Å². The average Bonchev–Trinajstić information content (AvgIpc) is 3.26. The van der Waals surface area contributed by atoms with Crippen LogP contribution in [0.2, 0.25) is 0 Å². The van der Waals surface area contributed by atoms with Gasteiger partial charge in [-0.2, -0.15) is 0 Å². The molecule has 2 aromatic rings. The Morgan fingerprint density at radius 2 is 1.90 bits per heavy atom. The molecular weight excluding hydrogens is 258 g/mol. The fourth-order valence-electron chi connectivity index (χ4n) is 2.74. The number of nitrogens with one attached hydrogen (secondary N) is 1. The molecule has 1 N–H and O–H groups in total. The summed E-state index contributed by atoms with van der Waals surface area (Å²) >= 11 is 0. The van der Waals surface area contributed by atoms with Gasteiger partial charge in [0.1, 0.15) is 11.6 Å². The van der Waals surface area contributed by atoms with Crippen LogP contribution < -0.4 is 5.32 Å². The summed E-state index contributed by atoms with van der Waals surface area (Å²) in [6.45, 7) is 9.39. The van der Waals surface area contributed by atoms with Gasteiger partial charge in [-0.15, -0.1) is 0 Å². The highest BCUT2D eigenvalue weighted by Gasteiger charge is 2.28. The van der Waals surface area contributed by atoms with Crippen molar-refractivity contribution >= 4 is 5.82 Å². The Morgan fingerprint density at radius 3 is 2.52 bits per heavy atom. The van der Waals surface area contributed by atoms with Gasteiger partial charge < -0.3 is 5.32 Å². The van der Waals surface area contributed by atoms with Crippen molar-refractivity contribution in [2.45, 2.75) is 46.5 Å². The van der Waals surface area contributed by atoms with Crippen molar-refractivity contribution in [3.63, 3.8) is 0 Å². The van der Waals surface area contributed by atoms with Crippen LogP contribution in [0.3, 0.4) is 0 Å². The normalized spacial score (nSPS) is 14.3. The number of aryl methyl sites for hydroxylation is 2. The summed E-state index contributed by atoms with van der Waals surface area (Å²) in [6.07, 6.45) is 2.45. The van der Waals surface area contributed by atoms with E-state index in [4.69, 9.17) is 9.97 Å². The van der Waals surface area contributed by atoms with Crippen molar-refractivity contribution < 1.29 is 0 Å². The van der Waals surface area contributed by atoms with Crippen LogP contribution in [0.5, 0.6) is 0 Å². The molecule has 0 unspecified atom stereocenters. The minimum atomic E-state index is 0.563. The zero-order valence-corrected chi connectivity index (χ0v) is 13.3. The summed E-state index contributed by atoms with van der Waals surface area (Å²) in [5, 5.41) is 3.39. The Labute approximate surface area is 126 Å². The lowest BCUT2D eigenvalue weighted by Gasteiger charge is -2.15. The SMILES string of the molecule is CCNc1nc(C2CC2)nc(-c2ccc(C)cc2C)c1C. The first kappa shape index (κ1) is 14.1. The molecule has 0 atom stereocenters. The van der Waals surface area contributed by atoms with Gasteiger partial charge in [0.15, 0.2) is 0 Å². The zero-order valence-electron chi connectivity index (χ0n) is 13.3. The molecule has 1 aromatic heterocycles. The summed E-state index contributed by atoms with van der Waals surface area (Å²) < 4.78 is 0. The number of benzene rings is 1. The predicted molar refractivity (Wildman–Crippen MR) is 87.8 cm³/mol. The van der Waals surface area contributed by atoms with Gasteiger partial charge >= 0.3 is 0 Å². The van der Waals surface area contributed by atoms with Crippen LogP contribution in [0.4, 0.5) is 5.82 Å². The van der Waals surface area contributed by atoms with E-state index in [1.54, 1.807) is 0 Å². The molecule has 1 aromatic carbocycles. The number of aromatic nitrogens is 2. The van der Waals surface area contributed by atoms with Crippen molar-refractivity contribution in [1.82, 2.24) is 9.97 Å². The zero-order chi connectivity index (χ0) is 15.0. The molecule has 110 valence electrons. The van der Waals surface area contributed by atoms with E-state index in [1.165, 1.54) is 29.5 Å². The molecule has 0 aliphatic heterocycles. The minimum Gasteiger partial charge on any atom is -0.370 e. The highest BCUT2D eigenvalue weighted by Crippen LogP contribution is 2.40. The van der Waals surface area contributed by atoms with Crippen molar-refractivity contribution in [1.29, 1.82) is 0 Å². The number of anilines is 1. The van der Waals surface area contributed by atoms with Crippen LogP contribution in [-0.4, -0.2) is 16.5 Å². The van der Waals surface area contributed by atoms with Gasteiger partial charge in [-0.1, -0.05) is 23.8 Å². The third-order valence-corrected chi connectivity index (χ3v) is 4.09. The molecule has 3 rings (SSSR count). The molecule has 1 saturated carbocycles. The van der Waals surface area contributed by atoms with E-state index in [0.717, 1.165) is 29.4 Å². The van der Waals surface area contributed by atoms with E-state index in [2.05, 4.69) is 51.2 Å². The first-order valence-corrected chi connectivity index (χ1v) is 7.80. The predicted octanol–water partition coefficient (Wildman–Crippen LogP) is 4.38. The Kier molecular flexibility index (Phi) is 3.66. The highest BCUT2D eigenvalue weighted by molar-refractivity contribution is 5.71. The Hall–Kier alpha value is -1.90. The van der Waals surface area contributed by atoms with E-state index in [-0.39, 0.29) is 0 Å². The Morgan fingerprint density at radius 1 is 1.14 bits per heavy atom.